The lowest BCUT2D eigenvalue weighted by Crippen LogP contribution is -2.04. The van der Waals surface area contributed by atoms with Gasteiger partial charge in [0.25, 0.3) is 0 Å². The molecule has 4 nitrogen and oxygen atoms in total. The topological polar surface area (TPSA) is 63.6 Å². The molecule has 1 N–H and O–H groups in total. The first-order valence-electron chi connectivity index (χ1n) is 6.73. The Hall–Kier alpha value is -2.62. The van der Waals surface area contributed by atoms with Gasteiger partial charge in [0, 0.05) is 6.08 Å². The Kier molecular flexibility index (Phi) is 4.72. The van der Waals surface area contributed by atoms with Crippen molar-refractivity contribution >= 4 is 22.5 Å². The molecule has 0 atom stereocenters. The highest BCUT2D eigenvalue weighted by atomic mass is 16.5. The number of ether oxygens (including phenoxy) is 1. The Labute approximate surface area is 122 Å². The van der Waals surface area contributed by atoms with Gasteiger partial charge >= 0.3 is 5.97 Å². The van der Waals surface area contributed by atoms with Crippen molar-refractivity contribution in [3.05, 3.63) is 54.1 Å². The summed E-state index contributed by atoms with van der Waals surface area (Å²) >= 11 is 0. The van der Waals surface area contributed by atoms with Crippen LogP contribution in [0.25, 0.3) is 10.8 Å². The summed E-state index contributed by atoms with van der Waals surface area (Å²) in [6, 6.07) is 11.1. The van der Waals surface area contributed by atoms with E-state index in [-0.39, 0.29) is 5.78 Å². The van der Waals surface area contributed by atoms with E-state index in [1.807, 2.05) is 37.3 Å². The van der Waals surface area contributed by atoms with Crippen molar-refractivity contribution in [3.63, 3.8) is 0 Å². The number of hydrogen-bond donors (Lipinski definition) is 1. The fourth-order valence-electron chi connectivity index (χ4n) is 2.07. The zero-order valence-electron chi connectivity index (χ0n) is 11.7. The summed E-state index contributed by atoms with van der Waals surface area (Å²) in [5, 5.41) is 10.3. The molecule has 108 valence electrons. The van der Waals surface area contributed by atoms with E-state index < -0.39 is 5.97 Å². The number of allylic oxidation sites excluding steroid dienone is 1. The van der Waals surface area contributed by atoms with Crippen molar-refractivity contribution in [1.82, 2.24) is 0 Å². The van der Waals surface area contributed by atoms with Gasteiger partial charge in [-0.15, -0.1) is 0 Å². The second-order valence-corrected chi connectivity index (χ2v) is 4.54. The smallest absolute Gasteiger partial charge is 0.328 e. The van der Waals surface area contributed by atoms with Crippen molar-refractivity contribution in [3.8, 4) is 5.75 Å². The van der Waals surface area contributed by atoms with Gasteiger partial charge in [-0.25, -0.2) is 4.79 Å². The molecule has 0 spiro atoms. The van der Waals surface area contributed by atoms with E-state index in [4.69, 9.17) is 9.84 Å². The number of ketones is 1. The fraction of sp³-hybridized carbons (Fsp3) is 0.176. The van der Waals surface area contributed by atoms with Gasteiger partial charge < -0.3 is 9.84 Å². The number of hydrogen-bond acceptors (Lipinski definition) is 3. The molecule has 0 bridgehead atoms. The third-order valence-corrected chi connectivity index (χ3v) is 2.98. The summed E-state index contributed by atoms with van der Waals surface area (Å²) in [6.07, 6.45) is 2.72. The largest absolute Gasteiger partial charge is 0.493 e. The number of rotatable bonds is 6. The molecule has 0 heterocycles. The van der Waals surface area contributed by atoms with E-state index in [0.717, 1.165) is 29.3 Å². The average molecular weight is 284 g/mol. The first-order valence-corrected chi connectivity index (χ1v) is 6.73. The maximum Gasteiger partial charge on any atom is 0.328 e. The Morgan fingerprint density at radius 2 is 1.90 bits per heavy atom. The predicted molar refractivity (Wildman–Crippen MR) is 80.8 cm³/mol. The summed E-state index contributed by atoms with van der Waals surface area (Å²) in [5.74, 6) is -1.05. The molecule has 0 amide bonds. The minimum absolute atomic E-state index is 0.375. The van der Waals surface area contributed by atoms with Gasteiger partial charge in [-0.3, -0.25) is 4.79 Å². The molecule has 0 aliphatic rings. The molecule has 0 radical (unpaired) electrons. The Balaban J connectivity index is 2.54. The van der Waals surface area contributed by atoms with Crippen LogP contribution in [0.1, 0.15) is 23.7 Å². The summed E-state index contributed by atoms with van der Waals surface area (Å²) in [4.78, 5) is 22.9. The molecule has 0 fully saturated rings. The first kappa shape index (κ1) is 14.8. The standard InChI is InChI=1S/C17H16O4/c1-2-11-21-15-9-7-12-5-3-4-6-13(12)17(15)14(18)8-10-16(19)20/h3-10H,2,11H2,1H3,(H,19,20)/b10-8+. The van der Waals surface area contributed by atoms with Crippen molar-refractivity contribution in [1.29, 1.82) is 0 Å². The summed E-state index contributed by atoms with van der Waals surface area (Å²) in [6.45, 7) is 2.48. The Morgan fingerprint density at radius 3 is 2.62 bits per heavy atom. The minimum atomic E-state index is -1.15. The third kappa shape index (κ3) is 3.48. The second-order valence-electron chi connectivity index (χ2n) is 4.54. The van der Waals surface area contributed by atoms with Crippen LogP contribution in [0, 0.1) is 0 Å². The number of benzene rings is 2. The lowest BCUT2D eigenvalue weighted by atomic mass is 10.00. The summed E-state index contributed by atoms with van der Waals surface area (Å²) < 4.78 is 5.62. The second kappa shape index (κ2) is 6.70. The minimum Gasteiger partial charge on any atom is -0.493 e. The quantitative estimate of drug-likeness (QED) is 0.652. The van der Waals surface area contributed by atoms with Crippen LogP contribution in [-0.2, 0) is 4.79 Å². The van der Waals surface area contributed by atoms with E-state index in [2.05, 4.69) is 0 Å². The molecular formula is C17H16O4. The molecule has 0 aromatic heterocycles. The highest BCUT2D eigenvalue weighted by molar-refractivity contribution is 6.16. The van der Waals surface area contributed by atoms with E-state index in [1.165, 1.54) is 0 Å². The van der Waals surface area contributed by atoms with Crippen LogP contribution in [0.2, 0.25) is 0 Å². The summed E-state index contributed by atoms with van der Waals surface area (Å²) in [7, 11) is 0. The molecule has 4 heteroatoms. The number of carboxylic acid groups (broad SMARTS) is 1. The molecule has 0 saturated carbocycles. The van der Waals surface area contributed by atoms with Gasteiger partial charge in [-0.1, -0.05) is 37.3 Å². The summed E-state index contributed by atoms with van der Waals surface area (Å²) in [5.41, 5.74) is 0.402. The van der Waals surface area contributed by atoms with Crippen LogP contribution in [0.3, 0.4) is 0 Å². The predicted octanol–water partition coefficient (Wildman–Crippen LogP) is 3.45. The van der Waals surface area contributed by atoms with Crippen molar-refractivity contribution in [2.75, 3.05) is 6.61 Å². The normalized spacial score (nSPS) is 10.9. The maximum atomic E-state index is 12.3. The molecule has 0 saturated heterocycles. The molecule has 2 rings (SSSR count). The molecule has 2 aromatic carbocycles. The van der Waals surface area contributed by atoms with Crippen LogP contribution >= 0.6 is 0 Å². The SMILES string of the molecule is CCCOc1ccc2ccccc2c1C(=O)/C=C/C(=O)O. The Bertz CT molecular complexity index is 701. The number of carbonyl (C=O) groups excluding carboxylic acids is 1. The van der Waals surface area contributed by atoms with E-state index in [9.17, 15) is 9.59 Å². The zero-order chi connectivity index (χ0) is 15.2. The van der Waals surface area contributed by atoms with E-state index in [1.54, 1.807) is 6.07 Å². The Morgan fingerprint density at radius 1 is 1.14 bits per heavy atom. The highest BCUT2D eigenvalue weighted by Gasteiger charge is 2.14. The van der Waals surface area contributed by atoms with Crippen LogP contribution in [0.5, 0.6) is 5.75 Å². The average Bonchev–Trinajstić information content (AvgIpc) is 2.49. The number of fused-ring (bicyclic) bond motifs is 1. The van der Waals surface area contributed by atoms with Gasteiger partial charge in [0.2, 0.25) is 0 Å². The van der Waals surface area contributed by atoms with Crippen molar-refractivity contribution in [2.45, 2.75) is 13.3 Å². The maximum absolute atomic E-state index is 12.3. The number of aliphatic carboxylic acids is 1. The molecule has 0 unspecified atom stereocenters. The van der Waals surface area contributed by atoms with Crippen LogP contribution in [-0.4, -0.2) is 23.5 Å². The first-order chi connectivity index (χ1) is 10.1. The third-order valence-electron chi connectivity index (χ3n) is 2.98. The van der Waals surface area contributed by atoms with Gasteiger partial charge in [-0.2, -0.15) is 0 Å². The van der Waals surface area contributed by atoms with Gasteiger partial charge in [0.15, 0.2) is 5.78 Å². The molecule has 0 aliphatic heterocycles. The van der Waals surface area contributed by atoms with Crippen LogP contribution in [0.4, 0.5) is 0 Å². The molecule has 0 aliphatic carbocycles. The van der Waals surface area contributed by atoms with Crippen LogP contribution in [0.15, 0.2) is 48.6 Å². The zero-order valence-corrected chi connectivity index (χ0v) is 11.7. The van der Waals surface area contributed by atoms with Gasteiger partial charge in [0.05, 0.1) is 12.2 Å². The molecular weight excluding hydrogens is 268 g/mol. The number of carboxylic acids is 1. The lowest BCUT2D eigenvalue weighted by molar-refractivity contribution is -0.131. The molecule has 21 heavy (non-hydrogen) atoms. The fourth-order valence-corrected chi connectivity index (χ4v) is 2.07. The van der Waals surface area contributed by atoms with Crippen molar-refractivity contribution in [2.24, 2.45) is 0 Å². The lowest BCUT2D eigenvalue weighted by Gasteiger charge is -2.11. The van der Waals surface area contributed by atoms with Gasteiger partial charge in [-0.05, 0) is 29.3 Å². The molecule has 2 aromatic rings. The van der Waals surface area contributed by atoms with E-state index >= 15 is 0 Å². The van der Waals surface area contributed by atoms with Gasteiger partial charge in [0.1, 0.15) is 5.75 Å². The van der Waals surface area contributed by atoms with E-state index in [0.29, 0.717) is 17.9 Å². The highest BCUT2D eigenvalue weighted by Crippen LogP contribution is 2.29. The number of carbonyl (C=O) groups is 2. The van der Waals surface area contributed by atoms with Crippen LogP contribution < -0.4 is 4.74 Å². The monoisotopic (exact) mass is 284 g/mol. The van der Waals surface area contributed by atoms with Crippen molar-refractivity contribution < 1.29 is 19.4 Å².